The van der Waals surface area contributed by atoms with E-state index in [1.165, 1.54) is 38.1 Å². The number of hydrogen-bond acceptors (Lipinski definition) is 6. The summed E-state index contributed by atoms with van der Waals surface area (Å²) in [7, 11) is 0. The number of hydrogen-bond donors (Lipinski definition) is 2. The Labute approximate surface area is 151 Å². The van der Waals surface area contributed by atoms with Gasteiger partial charge in [-0.15, -0.1) is 0 Å². The monoisotopic (exact) mass is 365 g/mol. The van der Waals surface area contributed by atoms with Gasteiger partial charge in [0.2, 0.25) is 0 Å². The van der Waals surface area contributed by atoms with E-state index in [1.54, 1.807) is 20.8 Å². The molecule has 0 atom stereocenters. The van der Waals surface area contributed by atoms with Gasteiger partial charge in [0.15, 0.2) is 11.4 Å². The summed E-state index contributed by atoms with van der Waals surface area (Å²) < 4.78 is 5.11. The first-order chi connectivity index (χ1) is 11.8. The van der Waals surface area contributed by atoms with Crippen LogP contribution in [0.3, 0.4) is 0 Å². The number of benzene rings is 1. The number of Topliss-reactive ketones (excluding diaryl/α,β-unsaturated/α-hetero) is 1. The summed E-state index contributed by atoms with van der Waals surface area (Å²) in [5, 5.41) is 15.6. The summed E-state index contributed by atoms with van der Waals surface area (Å²) in [5.41, 5.74) is -1.91. The molecule has 142 valence electrons. The molecule has 26 heavy (non-hydrogen) atoms. The highest BCUT2D eigenvalue weighted by Crippen LogP contribution is 2.13. The number of nitro benzene ring substituents is 1. The minimum absolute atomic E-state index is 0.134. The van der Waals surface area contributed by atoms with E-state index >= 15 is 0 Å². The lowest BCUT2D eigenvalue weighted by Crippen LogP contribution is -2.50. The molecule has 0 fully saturated rings. The highest BCUT2D eigenvalue weighted by Gasteiger charge is 2.33. The van der Waals surface area contributed by atoms with Crippen LogP contribution in [0.1, 0.15) is 45.0 Å². The Hall–Kier alpha value is -2.97. The average molecular weight is 365 g/mol. The van der Waals surface area contributed by atoms with Crippen molar-refractivity contribution in [1.29, 1.82) is 0 Å². The molecule has 2 amide bonds. The fourth-order valence-electron chi connectivity index (χ4n) is 1.85. The van der Waals surface area contributed by atoms with Crippen LogP contribution in [0.5, 0.6) is 0 Å². The van der Waals surface area contributed by atoms with Crippen LogP contribution in [0, 0.1) is 10.1 Å². The summed E-state index contributed by atoms with van der Waals surface area (Å²) in [6.07, 6.45) is -0.751. The summed E-state index contributed by atoms with van der Waals surface area (Å²) in [4.78, 5) is 46.1. The molecule has 0 unspecified atom stereocenters. The zero-order valence-corrected chi connectivity index (χ0v) is 15.4. The molecule has 1 aromatic rings. The van der Waals surface area contributed by atoms with Crippen molar-refractivity contribution in [2.24, 2.45) is 0 Å². The molecular weight excluding hydrogens is 342 g/mol. The fourth-order valence-corrected chi connectivity index (χ4v) is 1.85. The number of amides is 2. The lowest BCUT2D eigenvalue weighted by atomic mass is 10.1. The third kappa shape index (κ3) is 6.50. The molecule has 0 aliphatic heterocycles. The number of nitrogens with zero attached hydrogens (tertiary/aromatic N) is 1. The van der Waals surface area contributed by atoms with Gasteiger partial charge in [-0.2, -0.15) is 0 Å². The number of non-ortho nitro benzene ring substituents is 1. The van der Waals surface area contributed by atoms with Crippen LogP contribution >= 0.6 is 0 Å². The summed E-state index contributed by atoms with van der Waals surface area (Å²) in [6, 6.07) is 5.04. The predicted octanol–water partition coefficient (Wildman–Crippen LogP) is 2.20. The van der Waals surface area contributed by atoms with E-state index in [2.05, 4.69) is 10.6 Å². The maximum Gasteiger partial charge on any atom is 0.408 e. The predicted molar refractivity (Wildman–Crippen MR) is 93.9 cm³/mol. The average Bonchev–Trinajstić information content (AvgIpc) is 2.49. The van der Waals surface area contributed by atoms with Gasteiger partial charge in [-0.25, -0.2) is 4.79 Å². The smallest absolute Gasteiger partial charge is 0.408 e. The van der Waals surface area contributed by atoms with E-state index in [9.17, 15) is 24.5 Å². The lowest BCUT2D eigenvalue weighted by molar-refractivity contribution is -0.384. The standard InChI is InChI=1S/C17H23N3O6/c1-16(2,3)19-15(23)26-17(4,5)14(22)18-10-13(21)11-6-8-12(9-7-11)20(24)25/h6-9H,10H2,1-5H3,(H,18,22)(H,19,23). The number of ketones is 1. The summed E-state index contributed by atoms with van der Waals surface area (Å²) >= 11 is 0. The molecule has 0 spiro atoms. The fraction of sp³-hybridized carbons (Fsp3) is 0.471. The molecule has 0 aromatic heterocycles. The van der Waals surface area contributed by atoms with Crippen LogP contribution < -0.4 is 10.6 Å². The highest BCUT2D eigenvalue weighted by molar-refractivity contribution is 6.00. The van der Waals surface area contributed by atoms with E-state index in [4.69, 9.17) is 4.74 Å². The molecule has 1 aromatic carbocycles. The molecule has 0 heterocycles. The van der Waals surface area contributed by atoms with Gasteiger partial charge < -0.3 is 15.4 Å². The molecule has 2 N–H and O–H groups in total. The first kappa shape index (κ1) is 21.1. The van der Waals surface area contributed by atoms with Crippen molar-refractivity contribution in [2.45, 2.75) is 45.8 Å². The van der Waals surface area contributed by atoms with Crippen molar-refractivity contribution in [2.75, 3.05) is 6.54 Å². The normalized spacial score (nSPS) is 11.4. The van der Waals surface area contributed by atoms with Crippen molar-refractivity contribution < 1.29 is 24.0 Å². The molecule has 0 saturated heterocycles. The molecule has 0 bridgehead atoms. The SMILES string of the molecule is CC(C)(C)NC(=O)OC(C)(C)C(=O)NCC(=O)c1ccc([N+](=O)[O-])cc1. The van der Waals surface area contributed by atoms with Gasteiger partial charge in [0.05, 0.1) is 11.5 Å². The van der Waals surface area contributed by atoms with Crippen LogP contribution in [0.15, 0.2) is 24.3 Å². The van der Waals surface area contributed by atoms with Crippen LogP contribution in [-0.2, 0) is 9.53 Å². The Morgan fingerprint density at radius 2 is 1.62 bits per heavy atom. The van der Waals surface area contributed by atoms with E-state index < -0.39 is 33.8 Å². The topological polar surface area (TPSA) is 128 Å². The highest BCUT2D eigenvalue weighted by atomic mass is 16.6. The number of nitrogens with one attached hydrogen (secondary N) is 2. The minimum atomic E-state index is -1.48. The first-order valence-corrected chi connectivity index (χ1v) is 7.89. The summed E-state index contributed by atoms with van der Waals surface area (Å²) in [5.74, 6) is -1.07. The molecular formula is C17H23N3O6. The number of carbonyl (C=O) groups excluding carboxylic acids is 3. The van der Waals surface area contributed by atoms with Crippen molar-refractivity contribution in [3.05, 3.63) is 39.9 Å². The molecule has 9 heteroatoms. The first-order valence-electron chi connectivity index (χ1n) is 7.89. The maximum absolute atomic E-state index is 12.2. The van der Waals surface area contributed by atoms with Gasteiger partial charge in [-0.3, -0.25) is 19.7 Å². The van der Waals surface area contributed by atoms with Crippen molar-refractivity contribution >= 4 is 23.5 Å². The van der Waals surface area contributed by atoms with Crippen molar-refractivity contribution in [3.63, 3.8) is 0 Å². The molecule has 9 nitrogen and oxygen atoms in total. The van der Waals surface area contributed by atoms with Gasteiger partial charge in [-0.05, 0) is 46.8 Å². The van der Waals surface area contributed by atoms with Crippen LogP contribution in [0.25, 0.3) is 0 Å². The second-order valence-corrected chi connectivity index (χ2v) is 7.18. The summed E-state index contributed by atoms with van der Waals surface area (Å²) in [6.45, 7) is 7.78. The van der Waals surface area contributed by atoms with Gasteiger partial charge in [0.1, 0.15) is 0 Å². The quantitative estimate of drug-likeness (QED) is 0.452. The number of carbonyl (C=O) groups is 3. The van der Waals surface area contributed by atoms with E-state index in [-0.39, 0.29) is 17.8 Å². The zero-order chi connectivity index (χ0) is 20.1. The van der Waals surface area contributed by atoms with Crippen molar-refractivity contribution in [1.82, 2.24) is 10.6 Å². The number of nitro groups is 1. The third-order valence-electron chi connectivity index (χ3n) is 3.18. The van der Waals surface area contributed by atoms with E-state index in [0.29, 0.717) is 0 Å². The van der Waals surface area contributed by atoms with Crippen LogP contribution in [-0.4, -0.2) is 40.4 Å². The Bertz CT molecular complexity index is 704. The van der Waals surface area contributed by atoms with Gasteiger partial charge in [0.25, 0.3) is 11.6 Å². The van der Waals surface area contributed by atoms with Crippen LogP contribution in [0.2, 0.25) is 0 Å². The molecule has 0 aliphatic carbocycles. The molecule has 0 saturated carbocycles. The number of ether oxygens (including phenoxy) is 1. The second kappa shape index (κ2) is 7.94. The van der Waals surface area contributed by atoms with E-state index in [0.717, 1.165) is 0 Å². The third-order valence-corrected chi connectivity index (χ3v) is 3.18. The zero-order valence-electron chi connectivity index (χ0n) is 15.4. The Morgan fingerprint density at radius 3 is 2.08 bits per heavy atom. The lowest BCUT2D eigenvalue weighted by Gasteiger charge is -2.27. The van der Waals surface area contributed by atoms with Crippen LogP contribution in [0.4, 0.5) is 10.5 Å². The van der Waals surface area contributed by atoms with Gasteiger partial charge in [0, 0.05) is 23.2 Å². The molecule has 1 rings (SSSR count). The Kier molecular flexibility index (Phi) is 6.44. The Balaban J connectivity index is 2.62. The second-order valence-electron chi connectivity index (χ2n) is 7.18. The van der Waals surface area contributed by atoms with E-state index in [1.807, 2.05) is 0 Å². The maximum atomic E-state index is 12.2. The largest absolute Gasteiger partial charge is 0.433 e. The minimum Gasteiger partial charge on any atom is -0.433 e. The van der Waals surface area contributed by atoms with Gasteiger partial charge in [-0.1, -0.05) is 0 Å². The van der Waals surface area contributed by atoms with Gasteiger partial charge >= 0.3 is 6.09 Å². The molecule has 0 aliphatic rings. The number of rotatable bonds is 6. The Morgan fingerprint density at radius 1 is 1.08 bits per heavy atom. The van der Waals surface area contributed by atoms with Crippen molar-refractivity contribution in [3.8, 4) is 0 Å². The molecule has 0 radical (unpaired) electrons. The number of alkyl carbamates (subject to hydrolysis) is 1.